The third kappa shape index (κ3) is 2.17. The second-order valence-corrected chi connectivity index (χ2v) is 5.04. The minimum atomic E-state index is -0.0758. The number of para-hydroxylation sites is 2. The first-order valence-electron chi connectivity index (χ1n) is 6.81. The van der Waals surface area contributed by atoms with Crippen LogP contribution in [-0.2, 0) is 9.59 Å². The van der Waals surface area contributed by atoms with Crippen LogP contribution in [0.5, 0.6) is 0 Å². The topological polar surface area (TPSA) is 37.4 Å². The van der Waals surface area contributed by atoms with Gasteiger partial charge in [0.15, 0.2) is 5.78 Å². The number of fused-ring (bicyclic) bond motifs is 2. The fourth-order valence-electron chi connectivity index (χ4n) is 2.70. The van der Waals surface area contributed by atoms with Gasteiger partial charge in [0.05, 0.1) is 11.4 Å². The molecule has 1 aliphatic rings. The van der Waals surface area contributed by atoms with E-state index in [0.717, 1.165) is 22.5 Å². The number of nitrogens with zero attached hydrogens (tertiary/aromatic N) is 1. The summed E-state index contributed by atoms with van der Waals surface area (Å²) in [5.41, 5.74) is 3.83. The number of benzene rings is 2. The molecule has 3 rings (SSSR count). The van der Waals surface area contributed by atoms with E-state index in [1.54, 1.807) is 11.8 Å². The van der Waals surface area contributed by atoms with Gasteiger partial charge >= 0.3 is 0 Å². The number of hydrogen-bond donors (Lipinski definition) is 0. The average molecular weight is 277 g/mol. The number of anilines is 2. The number of allylic oxidation sites excluding steroid dienone is 1. The van der Waals surface area contributed by atoms with Crippen LogP contribution in [-0.4, -0.2) is 11.7 Å². The zero-order chi connectivity index (χ0) is 15.0. The molecule has 0 saturated carbocycles. The van der Waals surface area contributed by atoms with Gasteiger partial charge in [0, 0.05) is 18.1 Å². The van der Waals surface area contributed by atoms with E-state index < -0.39 is 0 Å². The smallest absolute Gasteiger partial charge is 0.228 e. The van der Waals surface area contributed by atoms with Crippen molar-refractivity contribution in [1.29, 1.82) is 0 Å². The van der Waals surface area contributed by atoms with Crippen LogP contribution in [0, 0.1) is 0 Å². The molecule has 2 aromatic carbocycles. The molecule has 21 heavy (non-hydrogen) atoms. The lowest BCUT2D eigenvalue weighted by Gasteiger charge is -2.23. The SMILES string of the molecule is CC(=O)C1=Cc2ccccc2N(C(C)=O)c2ccccc21. The predicted octanol–water partition coefficient (Wildman–Crippen LogP) is 3.81. The van der Waals surface area contributed by atoms with Crippen LogP contribution in [0.4, 0.5) is 11.4 Å². The van der Waals surface area contributed by atoms with Gasteiger partial charge in [0.1, 0.15) is 0 Å². The first kappa shape index (κ1) is 13.3. The Morgan fingerprint density at radius 1 is 0.857 bits per heavy atom. The molecule has 0 radical (unpaired) electrons. The highest BCUT2D eigenvalue weighted by atomic mass is 16.2. The highest BCUT2D eigenvalue weighted by Gasteiger charge is 2.25. The van der Waals surface area contributed by atoms with Crippen LogP contribution in [0.2, 0.25) is 0 Å². The standard InChI is InChI=1S/C18H15NO2/c1-12(20)16-11-14-7-3-5-9-17(14)19(13(2)21)18-10-6-4-8-15(16)18/h3-11H,1-2H3. The van der Waals surface area contributed by atoms with E-state index in [1.165, 1.54) is 6.92 Å². The normalized spacial score (nSPS) is 12.9. The van der Waals surface area contributed by atoms with Gasteiger partial charge < -0.3 is 0 Å². The van der Waals surface area contributed by atoms with Gasteiger partial charge in [0.2, 0.25) is 5.91 Å². The number of ketones is 1. The van der Waals surface area contributed by atoms with Crippen LogP contribution in [0.1, 0.15) is 25.0 Å². The number of carbonyl (C=O) groups excluding carboxylic acids is 2. The van der Waals surface area contributed by atoms with Crippen molar-refractivity contribution in [1.82, 2.24) is 0 Å². The Balaban J connectivity index is 2.39. The van der Waals surface area contributed by atoms with Crippen molar-refractivity contribution in [3.63, 3.8) is 0 Å². The first-order valence-corrected chi connectivity index (χ1v) is 6.81. The van der Waals surface area contributed by atoms with Gasteiger partial charge in [-0.1, -0.05) is 36.4 Å². The monoisotopic (exact) mass is 277 g/mol. The molecule has 0 bridgehead atoms. The van der Waals surface area contributed by atoms with Gasteiger partial charge in [0.25, 0.3) is 0 Å². The molecule has 0 N–H and O–H groups in total. The third-order valence-electron chi connectivity index (χ3n) is 3.61. The number of hydrogen-bond acceptors (Lipinski definition) is 2. The molecule has 2 aromatic rings. The summed E-state index contributed by atoms with van der Waals surface area (Å²) in [7, 11) is 0. The van der Waals surface area contributed by atoms with Gasteiger partial charge in [-0.2, -0.15) is 0 Å². The summed E-state index contributed by atoms with van der Waals surface area (Å²) in [6.45, 7) is 3.08. The van der Waals surface area contributed by atoms with Gasteiger partial charge in [-0.15, -0.1) is 0 Å². The highest BCUT2D eigenvalue weighted by Crippen LogP contribution is 2.39. The molecule has 3 nitrogen and oxygen atoms in total. The van der Waals surface area contributed by atoms with Crippen molar-refractivity contribution in [3.8, 4) is 0 Å². The second kappa shape index (κ2) is 5.02. The Morgan fingerprint density at radius 3 is 2.14 bits per heavy atom. The fourth-order valence-corrected chi connectivity index (χ4v) is 2.70. The zero-order valence-corrected chi connectivity index (χ0v) is 12.0. The lowest BCUT2D eigenvalue weighted by Crippen LogP contribution is -2.23. The van der Waals surface area contributed by atoms with Crippen LogP contribution in [0.3, 0.4) is 0 Å². The van der Waals surface area contributed by atoms with Crippen molar-refractivity contribution in [2.45, 2.75) is 13.8 Å². The van der Waals surface area contributed by atoms with Crippen LogP contribution < -0.4 is 4.90 Å². The minimum absolute atomic E-state index is 0.0114. The average Bonchev–Trinajstić information content (AvgIpc) is 2.61. The fraction of sp³-hybridized carbons (Fsp3) is 0.111. The number of Topliss-reactive ketones (excluding diaryl/α,β-unsaturated/α-hetero) is 1. The first-order chi connectivity index (χ1) is 10.1. The van der Waals surface area contributed by atoms with Crippen LogP contribution in [0.25, 0.3) is 11.6 Å². The summed E-state index contributed by atoms with van der Waals surface area (Å²) in [6, 6.07) is 15.1. The Labute approximate surface area is 123 Å². The van der Waals surface area contributed by atoms with Crippen molar-refractivity contribution in [2.24, 2.45) is 0 Å². The number of rotatable bonds is 1. The molecule has 1 heterocycles. The Morgan fingerprint density at radius 2 is 1.48 bits per heavy atom. The molecule has 0 unspecified atom stereocenters. The highest BCUT2D eigenvalue weighted by molar-refractivity contribution is 6.27. The number of carbonyl (C=O) groups is 2. The maximum Gasteiger partial charge on any atom is 0.228 e. The molecule has 0 saturated heterocycles. The van der Waals surface area contributed by atoms with E-state index in [1.807, 2.05) is 54.6 Å². The molecule has 0 aliphatic carbocycles. The van der Waals surface area contributed by atoms with E-state index in [9.17, 15) is 9.59 Å². The van der Waals surface area contributed by atoms with Gasteiger partial charge in [-0.3, -0.25) is 14.5 Å². The van der Waals surface area contributed by atoms with Gasteiger partial charge in [-0.25, -0.2) is 0 Å². The maximum absolute atomic E-state index is 12.2. The molecule has 3 heteroatoms. The Bertz CT molecular complexity index is 774. The van der Waals surface area contributed by atoms with E-state index in [2.05, 4.69) is 0 Å². The molecule has 104 valence electrons. The van der Waals surface area contributed by atoms with Crippen molar-refractivity contribution in [2.75, 3.05) is 4.90 Å². The molecule has 1 aliphatic heterocycles. The van der Waals surface area contributed by atoms with E-state index in [0.29, 0.717) is 5.57 Å². The lowest BCUT2D eigenvalue weighted by molar-refractivity contribution is -0.116. The second-order valence-electron chi connectivity index (χ2n) is 5.04. The Hall–Kier alpha value is -2.68. The van der Waals surface area contributed by atoms with Crippen molar-refractivity contribution >= 4 is 34.7 Å². The van der Waals surface area contributed by atoms with Crippen molar-refractivity contribution in [3.05, 3.63) is 59.7 Å². The molecule has 0 spiro atoms. The summed E-state index contributed by atoms with van der Waals surface area (Å²) in [4.78, 5) is 25.9. The summed E-state index contributed by atoms with van der Waals surface area (Å²) in [5, 5.41) is 0. The quantitative estimate of drug-likeness (QED) is 0.794. The summed E-state index contributed by atoms with van der Waals surface area (Å²) >= 11 is 0. The molecular formula is C18H15NO2. The van der Waals surface area contributed by atoms with Crippen LogP contribution in [0.15, 0.2) is 48.5 Å². The van der Waals surface area contributed by atoms with E-state index in [-0.39, 0.29) is 11.7 Å². The van der Waals surface area contributed by atoms with Crippen molar-refractivity contribution < 1.29 is 9.59 Å². The lowest BCUT2D eigenvalue weighted by atomic mass is 9.99. The largest absolute Gasteiger partial charge is 0.294 e. The molecule has 1 amide bonds. The molecule has 0 atom stereocenters. The molecule has 0 fully saturated rings. The summed E-state index contributed by atoms with van der Waals surface area (Å²) < 4.78 is 0. The Kier molecular flexibility index (Phi) is 3.18. The number of amides is 1. The summed E-state index contributed by atoms with van der Waals surface area (Å²) in [5.74, 6) is -0.0873. The van der Waals surface area contributed by atoms with E-state index >= 15 is 0 Å². The molecular weight excluding hydrogens is 262 g/mol. The predicted molar refractivity (Wildman–Crippen MR) is 84.3 cm³/mol. The summed E-state index contributed by atoms with van der Waals surface area (Å²) in [6.07, 6.45) is 1.86. The molecule has 0 aromatic heterocycles. The van der Waals surface area contributed by atoms with E-state index in [4.69, 9.17) is 0 Å². The zero-order valence-electron chi connectivity index (χ0n) is 12.0. The van der Waals surface area contributed by atoms with Crippen LogP contribution >= 0.6 is 0 Å². The minimum Gasteiger partial charge on any atom is -0.294 e. The maximum atomic E-state index is 12.2. The third-order valence-corrected chi connectivity index (χ3v) is 3.61. The van der Waals surface area contributed by atoms with Gasteiger partial charge in [-0.05, 0) is 30.7 Å².